The first kappa shape index (κ1) is 18.1. The largest absolute Gasteiger partial charge is 0.0842 e. The number of hydrogen-bond donors (Lipinski definition) is 0. The van der Waals surface area contributed by atoms with Gasteiger partial charge in [0.05, 0.1) is 0 Å². The maximum atomic E-state index is 2.75. The summed E-state index contributed by atoms with van der Waals surface area (Å²) in [6.07, 6.45) is 17.5. The highest BCUT2D eigenvalue weighted by atomic mass is 14.6. The van der Waals surface area contributed by atoms with E-state index in [9.17, 15) is 0 Å². The Labute approximate surface area is 157 Å². The summed E-state index contributed by atoms with van der Waals surface area (Å²) in [7, 11) is 0. The number of hydrogen-bond acceptors (Lipinski definition) is 0. The molecule has 0 heteroatoms. The second-order valence-corrected chi connectivity index (χ2v) is 11.0. The van der Waals surface area contributed by atoms with Crippen LogP contribution in [-0.2, 0) is 0 Å². The lowest BCUT2D eigenvalue weighted by Gasteiger charge is -2.59. The molecular formula is C25H42. The molecule has 3 fully saturated rings. The maximum absolute atomic E-state index is 2.75. The molecule has 8 atom stereocenters. The Balaban J connectivity index is 1.62. The van der Waals surface area contributed by atoms with Crippen molar-refractivity contribution in [2.45, 2.75) is 98.8 Å². The Bertz CT molecular complexity index is 530. The summed E-state index contributed by atoms with van der Waals surface area (Å²) in [6, 6.07) is 0. The first-order valence-corrected chi connectivity index (χ1v) is 11.6. The predicted octanol–water partition coefficient (Wildman–Crippen LogP) is 7.64. The molecule has 25 heavy (non-hydrogen) atoms. The van der Waals surface area contributed by atoms with E-state index >= 15 is 0 Å². The lowest BCUT2D eigenvalue weighted by atomic mass is 9.46. The van der Waals surface area contributed by atoms with E-state index < -0.39 is 0 Å². The highest BCUT2D eigenvalue weighted by Crippen LogP contribution is 2.67. The second kappa shape index (κ2) is 6.42. The van der Waals surface area contributed by atoms with Crippen molar-refractivity contribution in [1.29, 1.82) is 0 Å². The van der Waals surface area contributed by atoms with Crippen LogP contribution in [-0.4, -0.2) is 0 Å². The van der Waals surface area contributed by atoms with Gasteiger partial charge in [0.2, 0.25) is 0 Å². The molecule has 0 N–H and O–H groups in total. The van der Waals surface area contributed by atoms with Gasteiger partial charge in [-0.3, -0.25) is 0 Å². The van der Waals surface area contributed by atoms with Gasteiger partial charge in [0.15, 0.2) is 0 Å². The van der Waals surface area contributed by atoms with E-state index in [-0.39, 0.29) is 0 Å². The van der Waals surface area contributed by atoms with Crippen LogP contribution in [0, 0.1) is 46.3 Å². The van der Waals surface area contributed by atoms with Crippen molar-refractivity contribution in [3.8, 4) is 0 Å². The van der Waals surface area contributed by atoms with Crippen LogP contribution in [0.25, 0.3) is 0 Å². The number of fused-ring (bicyclic) bond motifs is 5. The van der Waals surface area contributed by atoms with Crippen molar-refractivity contribution >= 4 is 0 Å². The van der Waals surface area contributed by atoms with Gasteiger partial charge < -0.3 is 0 Å². The minimum atomic E-state index is 0.551. The lowest BCUT2D eigenvalue weighted by Crippen LogP contribution is -2.50. The van der Waals surface area contributed by atoms with Crippen molar-refractivity contribution in [2.24, 2.45) is 46.3 Å². The van der Waals surface area contributed by atoms with E-state index in [4.69, 9.17) is 0 Å². The molecule has 0 aromatic heterocycles. The molecule has 4 rings (SSSR count). The van der Waals surface area contributed by atoms with Crippen molar-refractivity contribution in [2.75, 3.05) is 0 Å². The fraction of sp³-hybridized carbons (Fsp3) is 0.920. The van der Waals surface area contributed by atoms with Gasteiger partial charge >= 0.3 is 0 Å². The van der Waals surface area contributed by atoms with Crippen LogP contribution < -0.4 is 0 Å². The average molecular weight is 343 g/mol. The zero-order valence-corrected chi connectivity index (χ0v) is 17.6. The Morgan fingerprint density at radius 3 is 2.64 bits per heavy atom. The van der Waals surface area contributed by atoms with E-state index in [0.717, 1.165) is 35.5 Å². The van der Waals surface area contributed by atoms with Gasteiger partial charge in [-0.1, -0.05) is 65.5 Å². The van der Waals surface area contributed by atoms with Crippen molar-refractivity contribution < 1.29 is 0 Å². The quantitative estimate of drug-likeness (QED) is 0.462. The topological polar surface area (TPSA) is 0 Å². The molecule has 0 spiro atoms. The van der Waals surface area contributed by atoms with Gasteiger partial charge in [-0.25, -0.2) is 0 Å². The molecule has 0 radical (unpaired) electrons. The molecule has 0 nitrogen and oxygen atoms in total. The molecule has 3 saturated carbocycles. The minimum Gasteiger partial charge on any atom is -0.0842 e. The zero-order valence-electron chi connectivity index (χ0n) is 17.6. The molecule has 0 amide bonds. The third-order valence-electron chi connectivity index (χ3n) is 9.89. The molecule has 8 unspecified atom stereocenters. The van der Waals surface area contributed by atoms with Crippen LogP contribution in [0.15, 0.2) is 11.6 Å². The first-order chi connectivity index (χ1) is 11.9. The Kier molecular flexibility index (Phi) is 4.65. The molecule has 142 valence electrons. The van der Waals surface area contributed by atoms with Gasteiger partial charge in [0.25, 0.3) is 0 Å². The summed E-state index contributed by atoms with van der Waals surface area (Å²) >= 11 is 0. The monoisotopic (exact) mass is 342 g/mol. The summed E-state index contributed by atoms with van der Waals surface area (Å²) in [5.74, 6) is 5.81. The predicted molar refractivity (Wildman–Crippen MR) is 108 cm³/mol. The molecule has 4 aliphatic rings. The first-order valence-electron chi connectivity index (χ1n) is 11.6. The fourth-order valence-corrected chi connectivity index (χ4v) is 8.77. The van der Waals surface area contributed by atoms with Gasteiger partial charge in [-0.05, 0) is 91.3 Å². The van der Waals surface area contributed by atoms with Crippen molar-refractivity contribution in [1.82, 2.24) is 0 Å². The normalized spacial score (nSPS) is 50.4. The molecule has 0 heterocycles. The zero-order chi connectivity index (χ0) is 17.8. The fourth-order valence-electron chi connectivity index (χ4n) is 8.77. The van der Waals surface area contributed by atoms with Gasteiger partial charge in [0, 0.05) is 0 Å². The average Bonchev–Trinajstić information content (AvgIpc) is 2.92. The van der Waals surface area contributed by atoms with E-state index in [1.54, 1.807) is 0 Å². The van der Waals surface area contributed by atoms with Crippen LogP contribution >= 0.6 is 0 Å². The molecule has 0 aliphatic heterocycles. The molecule has 0 saturated heterocycles. The van der Waals surface area contributed by atoms with Crippen LogP contribution in [0.3, 0.4) is 0 Å². The van der Waals surface area contributed by atoms with Crippen LogP contribution in [0.4, 0.5) is 0 Å². The van der Waals surface area contributed by atoms with Crippen molar-refractivity contribution in [3.63, 3.8) is 0 Å². The lowest BCUT2D eigenvalue weighted by molar-refractivity contribution is -0.0529. The van der Waals surface area contributed by atoms with Gasteiger partial charge in [-0.15, -0.1) is 0 Å². The summed E-state index contributed by atoms with van der Waals surface area (Å²) < 4.78 is 0. The summed E-state index contributed by atoms with van der Waals surface area (Å²) in [5.41, 5.74) is 3.07. The Morgan fingerprint density at radius 1 is 1.08 bits per heavy atom. The summed E-state index contributed by atoms with van der Waals surface area (Å²) in [5, 5.41) is 0. The third kappa shape index (κ3) is 2.60. The molecular weight excluding hydrogens is 300 g/mol. The highest BCUT2D eigenvalue weighted by Gasteiger charge is 2.59. The van der Waals surface area contributed by atoms with Crippen molar-refractivity contribution in [3.05, 3.63) is 11.6 Å². The van der Waals surface area contributed by atoms with Crippen LogP contribution in [0.2, 0.25) is 0 Å². The molecule has 0 aromatic rings. The van der Waals surface area contributed by atoms with E-state index in [2.05, 4.69) is 40.7 Å². The third-order valence-corrected chi connectivity index (χ3v) is 9.89. The summed E-state index contributed by atoms with van der Waals surface area (Å²) in [4.78, 5) is 0. The van der Waals surface area contributed by atoms with Gasteiger partial charge in [-0.2, -0.15) is 0 Å². The van der Waals surface area contributed by atoms with Crippen LogP contribution in [0.1, 0.15) is 98.8 Å². The smallest absolute Gasteiger partial charge is 0.00826 e. The Morgan fingerprint density at radius 2 is 1.88 bits per heavy atom. The standard InChI is InChI=1S/C25H42/c1-6-8-17(2)21-12-13-22-19-10-11-20-18(3)9-7-15-24(20,4)23(19)14-16-25(21,22)5/h11,17-19,21-23H,6-10,12-16H2,1-5H3. The maximum Gasteiger partial charge on any atom is -0.00826 e. The van der Waals surface area contributed by atoms with Crippen LogP contribution in [0.5, 0.6) is 0 Å². The van der Waals surface area contributed by atoms with Gasteiger partial charge in [0.1, 0.15) is 0 Å². The summed E-state index contributed by atoms with van der Waals surface area (Å²) in [6.45, 7) is 12.8. The second-order valence-electron chi connectivity index (χ2n) is 11.0. The van der Waals surface area contributed by atoms with E-state index in [0.29, 0.717) is 10.8 Å². The molecule has 0 aromatic carbocycles. The minimum absolute atomic E-state index is 0.551. The number of allylic oxidation sites excluding steroid dienone is 2. The molecule has 0 bridgehead atoms. The highest BCUT2D eigenvalue weighted by molar-refractivity contribution is 5.26. The Hall–Kier alpha value is -0.260. The number of rotatable bonds is 3. The van der Waals surface area contributed by atoms with E-state index in [1.165, 1.54) is 64.2 Å². The molecule has 4 aliphatic carbocycles. The van der Waals surface area contributed by atoms with E-state index in [1.807, 2.05) is 5.57 Å². The SMILES string of the molecule is CCCC(C)C1CCC2C3CC=C4C(C)CCCC4(C)C3CCC12C.